The minimum Gasteiger partial charge on any atom is -0.392 e. The van der Waals surface area contributed by atoms with Crippen LogP contribution in [0.4, 0.5) is 0 Å². The van der Waals surface area contributed by atoms with E-state index < -0.39 is 6.10 Å². The fourth-order valence-electron chi connectivity index (χ4n) is 0.896. The van der Waals surface area contributed by atoms with Crippen molar-refractivity contribution in [3.05, 3.63) is 34.7 Å². The van der Waals surface area contributed by atoms with Crippen molar-refractivity contribution in [2.75, 3.05) is 0 Å². The van der Waals surface area contributed by atoms with Gasteiger partial charge in [-0.05, 0) is 13.0 Å². The van der Waals surface area contributed by atoms with Gasteiger partial charge < -0.3 is 9.67 Å². The molecule has 11 heavy (non-hydrogen) atoms. The van der Waals surface area contributed by atoms with Gasteiger partial charge in [0.2, 0.25) is 0 Å². The molecule has 0 saturated heterocycles. The van der Waals surface area contributed by atoms with Crippen LogP contribution in [0.25, 0.3) is 0 Å². The van der Waals surface area contributed by atoms with Gasteiger partial charge in [0.05, 0.1) is 12.6 Å². The summed E-state index contributed by atoms with van der Waals surface area (Å²) in [6, 6.07) is 4.92. The van der Waals surface area contributed by atoms with Crippen molar-refractivity contribution in [3.63, 3.8) is 0 Å². The number of hydrogen-bond acceptors (Lipinski definition) is 2. The van der Waals surface area contributed by atoms with Gasteiger partial charge in [0.15, 0.2) is 0 Å². The maximum atomic E-state index is 11.0. The van der Waals surface area contributed by atoms with Crippen molar-refractivity contribution in [1.29, 1.82) is 0 Å². The van der Waals surface area contributed by atoms with Crippen molar-refractivity contribution >= 4 is 0 Å². The maximum Gasteiger partial charge on any atom is 0.250 e. The molecule has 1 atom stereocenters. The highest BCUT2D eigenvalue weighted by molar-refractivity contribution is 4.93. The summed E-state index contributed by atoms with van der Waals surface area (Å²) >= 11 is 0. The molecule has 0 aliphatic heterocycles. The predicted octanol–water partition coefficient (Wildman–Crippen LogP) is 0.229. The molecule has 0 spiro atoms. The molecule has 1 heterocycles. The number of aliphatic hydroxyl groups is 1. The zero-order valence-corrected chi connectivity index (χ0v) is 6.40. The third-order valence-corrected chi connectivity index (χ3v) is 1.36. The molecule has 1 rings (SSSR count). The standard InChI is InChI=1S/C8H11NO2/c1-7(10)6-9-5-3-2-4-8(9)11/h2-5,7,10H,6H2,1H3/t7-/m0/s1. The van der Waals surface area contributed by atoms with Crippen molar-refractivity contribution in [3.8, 4) is 0 Å². The second-order valence-corrected chi connectivity index (χ2v) is 2.54. The van der Waals surface area contributed by atoms with Crippen LogP contribution < -0.4 is 5.56 Å². The van der Waals surface area contributed by atoms with E-state index in [4.69, 9.17) is 5.11 Å². The van der Waals surface area contributed by atoms with E-state index in [1.165, 1.54) is 10.6 Å². The van der Waals surface area contributed by atoms with E-state index >= 15 is 0 Å². The topological polar surface area (TPSA) is 42.2 Å². The number of nitrogens with zero attached hydrogens (tertiary/aromatic N) is 1. The smallest absolute Gasteiger partial charge is 0.250 e. The summed E-state index contributed by atoms with van der Waals surface area (Å²) < 4.78 is 1.48. The van der Waals surface area contributed by atoms with Crippen LogP contribution in [0.2, 0.25) is 0 Å². The van der Waals surface area contributed by atoms with Crippen LogP contribution in [0.15, 0.2) is 29.2 Å². The lowest BCUT2D eigenvalue weighted by atomic mass is 10.4. The molecule has 3 heteroatoms. The molecule has 0 amide bonds. The van der Waals surface area contributed by atoms with Gasteiger partial charge in [-0.3, -0.25) is 4.79 Å². The fourth-order valence-corrected chi connectivity index (χ4v) is 0.896. The molecule has 1 aromatic heterocycles. The number of aliphatic hydroxyl groups excluding tert-OH is 1. The van der Waals surface area contributed by atoms with Gasteiger partial charge in [-0.1, -0.05) is 6.07 Å². The van der Waals surface area contributed by atoms with Crippen LogP contribution in [0, 0.1) is 0 Å². The quantitative estimate of drug-likeness (QED) is 0.660. The van der Waals surface area contributed by atoms with Gasteiger partial charge in [0, 0.05) is 12.3 Å². The number of rotatable bonds is 2. The van der Waals surface area contributed by atoms with Crippen molar-refractivity contribution in [2.24, 2.45) is 0 Å². The summed E-state index contributed by atoms with van der Waals surface area (Å²) in [4.78, 5) is 11.0. The van der Waals surface area contributed by atoms with E-state index in [0.717, 1.165) is 0 Å². The molecule has 0 aliphatic carbocycles. The van der Waals surface area contributed by atoms with Crippen molar-refractivity contribution < 1.29 is 5.11 Å². The molecule has 0 unspecified atom stereocenters. The lowest BCUT2D eigenvalue weighted by Gasteiger charge is -2.05. The highest BCUT2D eigenvalue weighted by Crippen LogP contribution is 1.86. The largest absolute Gasteiger partial charge is 0.392 e. The Morgan fingerprint density at radius 2 is 2.36 bits per heavy atom. The van der Waals surface area contributed by atoms with Gasteiger partial charge in [-0.15, -0.1) is 0 Å². The molecule has 0 aliphatic rings. The minimum atomic E-state index is -0.477. The molecular formula is C8H11NO2. The normalized spacial score (nSPS) is 12.9. The zero-order chi connectivity index (χ0) is 8.27. The average molecular weight is 153 g/mol. The Bertz CT molecular complexity index is 277. The predicted molar refractivity (Wildman–Crippen MR) is 42.4 cm³/mol. The average Bonchev–Trinajstić information content (AvgIpc) is 1.93. The SMILES string of the molecule is C[C@H](O)Cn1ccccc1=O. The highest BCUT2D eigenvalue weighted by atomic mass is 16.3. The van der Waals surface area contributed by atoms with Gasteiger partial charge in [0.25, 0.3) is 5.56 Å². The van der Waals surface area contributed by atoms with Crippen LogP contribution in [-0.2, 0) is 6.54 Å². The van der Waals surface area contributed by atoms with Crippen LogP contribution in [0.3, 0.4) is 0 Å². The first-order valence-corrected chi connectivity index (χ1v) is 3.53. The number of aromatic nitrogens is 1. The van der Waals surface area contributed by atoms with Crippen LogP contribution >= 0.6 is 0 Å². The zero-order valence-electron chi connectivity index (χ0n) is 6.40. The summed E-state index contributed by atoms with van der Waals surface area (Å²) in [6.45, 7) is 2.01. The Morgan fingerprint density at radius 1 is 1.64 bits per heavy atom. The van der Waals surface area contributed by atoms with Gasteiger partial charge in [-0.25, -0.2) is 0 Å². The number of hydrogen-bond donors (Lipinski definition) is 1. The summed E-state index contributed by atoms with van der Waals surface area (Å²) in [5.41, 5.74) is -0.0756. The second kappa shape index (κ2) is 3.34. The lowest BCUT2D eigenvalue weighted by Crippen LogP contribution is -2.23. The van der Waals surface area contributed by atoms with Gasteiger partial charge in [0.1, 0.15) is 0 Å². The van der Waals surface area contributed by atoms with Crippen molar-refractivity contribution in [2.45, 2.75) is 19.6 Å². The Labute approximate surface area is 64.9 Å². The minimum absolute atomic E-state index is 0.0756. The summed E-state index contributed by atoms with van der Waals surface area (Å²) in [7, 11) is 0. The summed E-state index contributed by atoms with van der Waals surface area (Å²) in [5, 5.41) is 8.97. The summed E-state index contributed by atoms with van der Waals surface area (Å²) in [6.07, 6.45) is 1.18. The van der Waals surface area contributed by atoms with Crippen LogP contribution in [0.1, 0.15) is 6.92 Å². The van der Waals surface area contributed by atoms with Gasteiger partial charge >= 0.3 is 0 Å². The van der Waals surface area contributed by atoms with Crippen molar-refractivity contribution in [1.82, 2.24) is 4.57 Å². The molecule has 1 aromatic rings. The van der Waals surface area contributed by atoms with E-state index in [1.807, 2.05) is 0 Å². The molecular weight excluding hydrogens is 142 g/mol. The Morgan fingerprint density at radius 3 is 2.91 bits per heavy atom. The first kappa shape index (κ1) is 8.01. The third-order valence-electron chi connectivity index (χ3n) is 1.36. The molecule has 0 aromatic carbocycles. The third kappa shape index (κ3) is 2.20. The second-order valence-electron chi connectivity index (χ2n) is 2.54. The Balaban J connectivity index is 2.87. The molecule has 60 valence electrons. The monoisotopic (exact) mass is 153 g/mol. The van der Waals surface area contributed by atoms with E-state index in [9.17, 15) is 4.79 Å². The molecule has 1 N–H and O–H groups in total. The molecule has 0 radical (unpaired) electrons. The van der Waals surface area contributed by atoms with E-state index in [-0.39, 0.29) is 5.56 Å². The maximum absolute atomic E-state index is 11.0. The molecule has 0 fully saturated rings. The fraction of sp³-hybridized carbons (Fsp3) is 0.375. The van der Waals surface area contributed by atoms with E-state index in [2.05, 4.69) is 0 Å². The lowest BCUT2D eigenvalue weighted by molar-refractivity contribution is 0.172. The van der Waals surface area contributed by atoms with E-state index in [0.29, 0.717) is 6.54 Å². The van der Waals surface area contributed by atoms with Gasteiger partial charge in [-0.2, -0.15) is 0 Å². The number of pyridine rings is 1. The first-order valence-electron chi connectivity index (χ1n) is 3.53. The Hall–Kier alpha value is -1.09. The summed E-state index contributed by atoms with van der Waals surface area (Å²) in [5.74, 6) is 0. The Kier molecular flexibility index (Phi) is 2.44. The molecule has 0 bridgehead atoms. The van der Waals surface area contributed by atoms with Crippen LogP contribution in [-0.4, -0.2) is 15.8 Å². The van der Waals surface area contributed by atoms with E-state index in [1.54, 1.807) is 25.3 Å². The first-order chi connectivity index (χ1) is 5.20. The van der Waals surface area contributed by atoms with Crippen LogP contribution in [0.5, 0.6) is 0 Å². The molecule has 3 nitrogen and oxygen atoms in total. The highest BCUT2D eigenvalue weighted by Gasteiger charge is 1.97. The molecule has 0 saturated carbocycles.